The Labute approximate surface area is 95.3 Å². The van der Waals surface area contributed by atoms with Crippen LogP contribution in [0.1, 0.15) is 23.5 Å². The Morgan fingerprint density at radius 3 is 2.76 bits per heavy atom. The molecule has 0 saturated heterocycles. The van der Waals surface area contributed by atoms with E-state index in [-0.39, 0.29) is 6.42 Å². The third-order valence-corrected chi connectivity index (χ3v) is 2.78. The minimum atomic E-state index is -4.40. The number of aliphatic carboxylic acids is 1. The maximum absolute atomic E-state index is 12.5. The molecule has 0 bridgehead atoms. The summed E-state index contributed by atoms with van der Waals surface area (Å²) in [6.07, 6.45) is -4.56. The fourth-order valence-electron chi connectivity index (χ4n) is 1.97. The predicted molar refractivity (Wildman–Crippen MR) is 54.9 cm³/mol. The topological polar surface area (TPSA) is 49.3 Å². The summed E-state index contributed by atoms with van der Waals surface area (Å²) in [7, 11) is 0. The highest BCUT2D eigenvalue weighted by Gasteiger charge is 2.33. The molecule has 1 aromatic carbocycles. The minimum absolute atomic E-state index is 0.165. The van der Waals surface area contributed by atoms with Crippen molar-refractivity contribution < 1.29 is 23.1 Å². The van der Waals surface area contributed by atoms with Gasteiger partial charge in [-0.1, -0.05) is 0 Å². The van der Waals surface area contributed by atoms with Gasteiger partial charge in [0.2, 0.25) is 0 Å². The third-order valence-electron chi connectivity index (χ3n) is 2.78. The van der Waals surface area contributed by atoms with Gasteiger partial charge in [0.25, 0.3) is 0 Å². The molecule has 0 aliphatic carbocycles. The number of carbonyl (C=O) groups is 1. The smallest absolute Gasteiger partial charge is 0.416 e. The fraction of sp³-hybridized carbons (Fsp3) is 0.364. The first kappa shape index (κ1) is 11.8. The Morgan fingerprint density at radius 1 is 1.47 bits per heavy atom. The van der Waals surface area contributed by atoms with Gasteiger partial charge in [0.05, 0.1) is 12.0 Å². The van der Waals surface area contributed by atoms with Crippen LogP contribution in [0, 0.1) is 0 Å². The highest BCUT2D eigenvalue weighted by atomic mass is 19.4. The quantitative estimate of drug-likeness (QED) is 0.842. The maximum Gasteiger partial charge on any atom is 0.416 e. The number of benzene rings is 1. The number of hydrogen-bond donors (Lipinski definition) is 2. The van der Waals surface area contributed by atoms with Crippen molar-refractivity contribution in [3.05, 3.63) is 29.3 Å². The first-order valence-electron chi connectivity index (χ1n) is 5.04. The van der Waals surface area contributed by atoms with E-state index in [4.69, 9.17) is 5.11 Å². The second kappa shape index (κ2) is 3.94. The summed E-state index contributed by atoms with van der Waals surface area (Å²) in [6.45, 7) is 0.364. The highest BCUT2D eigenvalue weighted by Crippen LogP contribution is 2.38. The molecule has 0 spiro atoms. The van der Waals surface area contributed by atoms with Gasteiger partial charge >= 0.3 is 12.1 Å². The van der Waals surface area contributed by atoms with Crippen molar-refractivity contribution in [1.82, 2.24) is 0 Å². The van der Waals surface area contributed by atoms with Crippen LogP contribution in [0.4, 0.5) is 18.9 Å². The average Bonchev–Trinajstić information content (AvgIpc) is 2.59. The van der Waals surface area contributed by atoms with Crippen LogP contribution < -0.4 is 5.32 Å². The zero-order chi connectivity index (χ0) is 12.6. The summed E-state index contributed by atoms with van der Waals surface area (Å²) in [5.41, 5.74) is 0.279. The van der Waals surface area contributed by atoms with Crippen molar-refractivity contribution in [3.8, 4) is 0 Å². The molecule has 0 fully saturated rings. The van der Waals surface area contributed by atoms with E-state index < -0.39 is 23.6 Å². The van der Waals surface area contributed by atoms with Gasteiger partial charge in [-0.05, 0) is 23.8 Å². The van der Waals surface area contributed by atoms with E-state index in [1.54, 1.807) is 0 Å². The molecule has 2 N–H and O–H groups in total. The number of rotatable bonds is 2. The molecule has 92 valence electrons. The Morgan fingerprint density at radius 2 is 2.18 bits per heavy atom. The molecule has 17 heavy (non-hydrogen) atoms. The van der Waals surface area contributed by atoms with Crippen molar-refractivity contribution in [2.24, 2.45) is 0 Å². The van der Waals surface area contributed by atoms with E-state index in [0.717, 1.165) is 12.1 Å². The number of hydrogen-bond acceptors (Lipinski definition) is 2. The Balaban J connectivity index is 2.34. The highest BCUT2D eigenvalue weighted by molar-refractivity contribution is 5.70. The first-order chi connectivity index (χ1) is 7.88. The second-order valence-corrected chi connectivity index (χ2v) is 3.98. The summed E-state index contributed by atoms with van der Waals surface area (Å²) in [4.78, 5) is 10.6. The number of alkyl halides is 3. The molecule has 1 aliphatic rings. The number of anilines is 1. The molecule has 0 aromatic heterocycles. The van der Waals surface area contributed by atoms with E-state index in [9.17, 15) is 18.0 Å². The number of fused-ring (bicyclic) bond motifs is 1. The van der Waals surface area contributed by atoms with Gasteiger partial charge in [-0.2, -0.15) is 13.2 Å². The Kier molecular flexibility index (Phi) is 2.73. The molecule has 1 atom stereocenters. The lowest BCUT2D eigenvalue weighted by Gasteiger charge is -2.11. The number of carboxylic acid groups (broad SMARTS) is 1. The lowest BCUT2D eigenvalue weighted by Crippen LogP contribution is -2.09. The van der Waals surface area contributed by atoms with E-state index >= 15 is 0 Å². The molecule has 2 rings (SSSR count). The molecule has 1 unspecified atom stereocenters. The lowest BCUT2D eigenvalue weighted by atomic mass is 9.96. The van der Waals surface area contributed by atoms with Crippen LogP contribution in [-0.4, -0.2) is 17.6 Å². The molecular formula is C11H10F3NO2. The van der Waals surface area contributed by atoms with E-state index in [0.29, 0.717) is 17.8 Å². The van der Waals surface area contributed by atoms with Gasteiger partial charge in [0.1, 0.15) is 0 Å². The SMILES string of the molecule is O=C(O)CC1CNc2ccc(C(F)(F)F)cc21. The summed E-state index contributed by atoms with van der Waals surface area (Å²) in [6, 6.07) is 3.37. The average molecular weight is 245 g/mol. The lowest BCUT2D eigenvalue weighted by molar-refractivity contribution is -0.138. The molecule has 3 nitrogen and oxygen atoms in total. The maximum atomic E-state index is 12.5. The normalized spacial score (nSPS) is 18.6. The second-order valence-electron chi connectivity index (χ2n) is 3.98. The molecule has 6 heteroatoms. The predicted octanol–water partition coefficient (Wildman–Crippen LogP) is 2.69. The van der Waals surface area contributed by atoms with Crippen molar-refractivity contribution in [2.45, 2.75) is 18.5 Å². The van der Waals surface area contributed by atoms with E-state index in [1.807, 2.05) is 0 Å². The molecule has 0 radical (unpaired) electrons. The van der Waals surface area contributed by atoms with Crippen molar-refractivity contribution in [1.29, 1.82) is 0 Å². The van der Waals surface area contributed by atoms with E-state index in [2.05, 4.69) is 5.32 Å². The van der Waals surface area contributed by atoms with Crippen LogP contribution in [0.25, 0.3) is 0 Å². The van der Waals surface area contributed by atoms with Crippen LogP contribution >= 0.6 is 0 Å². The molecule has 0 saturated carbocycles. The molecule has 0 amide bonds. The summed E-state index contributed by atoms with van der Waals surface area (Å²) < 4.78 is 37.5. The zero-order valence-electron chi connectivity index (χ0n) is 8.71. The molecule has 1 aromatic rings. The zero-order valence-corrected chi connectivity index (χ0v) is 8.71. The van der Waals surface area contributed by atoms with Crippen LogP contribution in [-0.2, 0) is 11.0 Å². The van der Waals surface area contributed by atoms with Crippen molar-refractivity contribution in [3.63, 3.8) is 0 Å². The molecule has 1 heterocycles. The van der Waals surface area contributed by atoms with Gasteiger partial charge in [-0.25, -0.2) is 0 Å². The van der Waals surface area contributed by atoms with Gasteiger partial charge in [-0.15, -0.1) is 0 Å². The van der Waals surface area contributed by atoms with Crippen molar-refractivity contribution >= 4 is 11.7 Å². The summed E-state index contributed by atoms with van der Waals surface area (Å²) >= 11 is 0. The van der Waals surface area contributed by atoms with Gasteiger partial charge in [0.15, 0.2) is 0 Å². The largest absolute Gasteiger partial charge is 0.481 e. The van der Waals surface area contributed by atoms with E-state index in [1.165, 1.54) is 6.07 Å². The van der Waals surface area contributed by atoms with Gasteiger partial charge < -0.3 is 10.4 Å². The molecular weight excluding hydrogens is 235 g/mol. The monoisotopic (exact) mass is 245 g/mol. The summed E-state index contributed by atoms with van der Waals surface area (Å²) in [5.74, 6) is -1.41. The van der Waals surface area contributed by atoms with Gasteiger partial charge in [0, 0.05) is 18.2 Å². The summed E-state index contributed by atoms with van der Waals surface area (Å²) in [5, 5.41) is 11.6. The first-order valence-corrected chi connectivity index (χ1v) is 5.04. The number of halogens is 3. The van der Waals surface area contributed by atoms with Gasteiger partial charge in [-0.3, -0.25) is 4.79 Å². The van der Waals surface area contributed by atoms with Crippen molar-refractivity contribution in [2.75, 3.05) is 11.9 Å². The molecule has 1 aliphatic heterocycles. The van der Waals surface area contributed by atoms with Crippen LogP contribution in [0.15, 0.2) is 18.2 Å². The fourth-order valence-corrected chi connectivity index (χ4v) is 1.97. The Bertz CT molecular complexity index is 457. The standard InChI is InChI=1S/C11H10F3NO2/c12-11(13,14)7-1-2-9-8(4-7)6(5-15-9)3-10(16)17/h1-2,4,6,15H,3,5H2,(H,16,17). The van der Waals surface area contributed by atoms with Crippen LogP contribution in [0.5, 0.6) is 0 Å². The number of carboxylic acids is 1. The van der Waals surface area contributed by atoms with Crippen LogP contribution in [0.2, 0.25) is 0 Å². The Hall–Kier alpha value is -1.72. The van der Waals surface area contributed by atoms with Crippen LogP contribution in [0.3, 0.4) is 0 Å². The number of nitrogens with one attached hydrogen (secondary N) is 1. The minimum Gasteiger partial charge on any atom is -0.481 e. The third kappa shape index (κ3) is 2.35.